The molecule has 1 saturated heterocycles. The zero-order valence-electron chi connectivity index (χ0n) is 28.8. The van der Waals surface area contributed by atoms with Crippen LogP contribution in [0.4, 0.5) is 17.2 Å². The number of carbonyl (C=O) groups is 2. The van der Waals surface area contributed by atoms with Crippen molar-refractivity contribution in [3.05, 3.63) is 78.0 Å². The number of hydrogen-bond donors (Lipinski definition) is 3. The number of nitrogens with two attached hydrogens (primary N) is 1. The number of anilines is 3. The van der Waals surface area contributed by atoms with Gasteiger partial charge in [0.25, 0.3) is 0 Å². The number of nitrogens with one attached hydrogen (secondary N) is 2. The van der Waals surface area contributed by atoms with Gasteiger partial charge >= 0.3 is 0 Å². The van der Waals surface area contributed by atoms with Crippen molar-refractivity contribution in [3.63, 3.8) is 0 Å². The molecule has 49 heavy (non-hydrogen) atoms. The molecule has 0 saturated carbocycles. The van der Waals surface area contributed by atoms with Gasteiger partial charge in [-0.05, 0) is 119 Å². The number of nitrogens with zero attached hydrogens (tertiary/aromatic N) is 2. The van der Waals surface area contributed by atoms with Gasteiger partial charge in [-0.1, -0.05) is 6.07 Å². The molecule has 2 amide bonds. The van der Waals surface area contributed by atoms with Crippen LogP contribution in [0.2, 0.25) is 0 Å². The summed E-state index contributed by atoms with van der Waals surface area (Å²) in [6.45, 7) is 11.2. The molecule has 1 fully saturated rings. The molecule has 4 N–H and O–H groups in total. The monoisotopic (exact) mass is 687 g/mol. The molecule has 4 aromatic rings. The molecule has 260 valence electrons. The molecular weight excluding hydrogens is 643 g/mol. The summed E-state index contributed by atoms with van der Waals surface area (Å²) < 4.78 is 39.2. The summed E-state index contributed by atoms with van der Waals surface area (Å²) in [7, 11) is -3.72. The van der Waals surface area contributed by atoms with E-state index in [0.717, 1.165) is 10.8 Å². The van der Waals surface area contributed by atoms with Crippen LogP contribution < -0.4 is 25.8 Å². The molecule has 2 heterocycles. The molecule has 12 heteroatoms. The first-order valence-electron chi connectivity index (χ1n) is 16.6. The summed E-state index contributed by atoms with van der Waals surface area (Å²) in [5.74, 6) is 0.966. The summed E-state index contributed by atoms with van der Waals surface area (Å²) in [4.78, 5) is 32.9. The van der Waals surface area contributed by atoms with Crippen LogP contribution in [-0.4, -0.2) is 54.6 Å². The van der Waals surface area contributed by atoms with E-state index in [4.69, 9.17) is 15.2 Å². The number of benzene rings is 3. The van der Waals surface area contributed by atoms with Crippen LogP contribution in [0.5, 0.6) is 11.5 Å². The van der Waals surface area contributed by atoms with E-state index in [0.29, 0.717) is 65.8 Å². The van der Waals surface area contributed by atoms with Crippen molar-refractivity contribution >= 4 is 49.6 Å². The second-order valence-electron chi connectivity index (χ2n) is 12.7. The van der Waals surface area contributed by atoms with Crippen LogP contribution in [0, 0.1) is 0 Å². The van der Waals surface area contributed by atoms with E-state index in [1.807, 2.05) is 57.2 Å². The van der Waals surface area contributed by atoms with Crippen molar-refractivity contribution in [2.24, 2.45) is 0 Å². The fraction of sp³-hybridized carbons (Fsp3) is 0.378. The van der Waals surface area contributed by atoms with Gasteiger partial charge in [0.2, 0.25) is 11.8 Å². The van der Waals surface area contributed by atoms with Gasteiger partial charge in [0.1, 0.15) is 11.9 Å². The molecule has 2 atom stereocenters. The minimum absolute atomic E-state index is 0.0879. The Morgan fingerprint density at radius 3 is 2.45 bits per heavy atom. The number of ether oxygens (including phenoxy) is 2. The zero-order valence-corrected chi connectivity index (χ0v) is 29.6. The summed E-state index contributed by atoms with van der Waals surface area (Å²) in [6.07, 6.45) is 2.77. The summed E-state index contributed by atoms with van der Waals surface area (Å²) >= 11 is 0. The summed E-state index contributed by atoms with van der Waals surface area (Å²) in [5, 5.41) is 7.20. The normalized spacial score (nSPS) is 15.4. The Morgan fingerprint density at radius 1 is 1.00 bits per heavy atom. The van der Waals surface area contributed by atoms with E-state index in [1.54, 1.807) is 43.1 Å². The highest BCUT2D eigenvalue weighted by atomic mass is 32.2. The summed E-state index contributed by atoms with van der Waals surface area (Å²) in [5.41, 5.74) is 8.38. The van der Waals surface area contributed by atoms with Gasteiger partial charge in [-0.25, -0.2) is 13.4 Å². The standard InChI is InChI=1S/C37H45N5O6S/c1-7-47-33-20-26(10-14-32(33)48-22(2)3)35(41-27-11-13-29-25(19-27)16-17-39-36(29)38)37(44)42-18-8-9-31(42)30-21-28(40-24(6)43)12-15-34(30)49(45,46)23(4)5/h10-17,19-23,31,35,41H,7-9,18H2,1-6H3,(H2,38,39)(H,40,43)/t31-,35?/m0/s1. The van der Waals surface area contributed by atoms with E-state index >= 15 is 0 Å². The largest absolute Gasteiger partial charge is 0.490 e. The first-order chi connectivity index (χ1) is 23.3. The van der Waals surface area contributed by atoms with E-state index in [-0.39, 0.29) is 22.8 Å². The Labute approximate surface area is 288 Å². The third-order valence-corrected chi connectivity index (χ3v) is 10.7. The first kappa shape index (κ1) is 35.5. The summed E-state index contributed by atoms with van der Waals surface area (Å²) in [6, 6.07) is 16.3. The lowest BCUT2D eigenvalue weighted by atomic mass is 10.00. The first-order valence-corrected chi connectivity index (χ1v) is 18.1. The third-order valence-electron chi connectivity index (χ3n) is 8.47. The number of likely N-dealkylation sites (tertiary alicyclic amines) is 1. The third kappa shape index (κ3) is 7.75. The molecule has 11 nitrogen and oxygen atoms in total. The van der Waals surface area contributed by atoms with E-state index < -0.39 is 27.2 Å². The Kier molecular flexibility index (Phi) is 10.7. The lowest BCUT2D eigenvalue weighted by Gasteiger charge is -2.32. The maximum atomic E-state index is 14.9. The molecule has 1 aliphatic heterocycles. The molecule has 3 aromatic carbocycles. The number of carbonyl (C=O) groups excluding carboxylic acids is 2. The number of pyridine rings is 1. The van der Waals surface area contributed by atoms with Gasteiger partial charge in [0.15, 0.2) is 21.3 Å². The van der Waals surface area contributed by atoms with Crippen molar-refractivity contribution in [1.82, 2.24) is 9.88 Å². The van der Waals surface area contributed by atoms with E-state index in [1.165, 1.54) is 13.0 Å². The fourth-order valence-electron chi connectivity index (χ4n) is 6.19. The smallest absolute Gasteiger partial charge is 0.250 e. The Morgan fingerprint density at radius 2 is 1.76 bits per heavy atom. The number of sulfone groups is 1. The molecule has 0 radical (unpaired) electrons. The average Bonchev–Trinajstić information content (AvgIpc) is 3.54. The Hall–Kier alpha value is -4.84. The van der Waals surface area contributed by atoms with E-state index in [9.17, 15) is 18.0 Å². The Balaban J connectivity index is 1.61. The fourth-order valence-corrected chi connectivity index (χ4v) is 7.48. The SMILES string of the molecule is CCOc1cc(C(Nc2ccc3c(N)nccc3c2)C(=O)N2CCC[C@H]2c2cc(NC(C)=O)ccc2S(=O)(=O)C(C)C)ccc1OC(C)C. The maximum Gasteiger partial charge on any atom is 0.250 e. The number of hydrogen-bond acceptors (Lipinski definition) is 9. The highest BCUT2D eigenvalue weighted by Crippen LogP contribution is 2.41. The lowest BCUT2D eigenvalue weighted by molar-refractivity contribution is -0.133. The second-order valence-corrected chi connectivity index (χ2v) is 15.2. The van der Waals surface area contributed by atoms with Crippen molar-refractivity contribution in [1.29, 1.82) is 0 Å². The van der Waals surface area contributed by atoms with Crippen LogP contribution in [0.25, 0.3) is 10.8 Å². The highest BCUT2D eigenvalue weighted by molar-refractivity contribution is 7.92. The number of nitrogen functional groups attached to an aromatic ring is 1. The van der Waals surface area contributed by atoms with Gasteiger partial charge < -0.3 is 30.7 Å². The predicted molar refractivity (Wildman–Crippen MR) is 193 cm³/mol. The zero-order chi connectivity index (χ0) is 35.5. The Bertz CT molecular complexity index is 1960. The topological polar surface area (TPSA) is 153 Å². The molecule has 0 aliphatic carbocycles. The molecular formula is C37H45N5O6S. The second kappa shape index (κ2) is 14.7. The number of amides is 2. The number of rotatable bonds is 12. The van der Waals surface area contributed by atoms with Crippen molar-refractivity contribution in [3.8, 4) is 11.5 Å². The van der Waals surface area contributed by atoms with Crippen LogP contribution >= 0.6 is 0 Å². The van der Waals surface area contributed by atoms with Gasteiger partial charge in [0.05, 0.1) is 28.9 Å². The van der Waals surface area contributed by atoms with Crippen LogP contribution in [0.1, 0.15) is 77.6 Å². The molecule has 0 bridgehead atoms. The molecule has 1 aliphatic rings. The molecule has 0 spiro atoms. The predicted octanol–water partition coefficient (Wildman–Crippen LogP) is 6.66. The van der Waals surface area contributed by atoms with Crippen molar-refractivity contribution in [2.45, 2.75) is 82.7 Å². The van der Waals surface area contributed by atoms with Gasteiger partial charge in [-0.3, -0.25) is 9.59 Å². The van der Waals surface area contributed by atoms with Crippen LogP contribution in [0.3, 0.4) is 0 Å². The minimum Gasteiger partial charge on any atom is -0.490 e. The molecule has 1 unspecified atom stereocenters. The number of aromatic nitrogens is 1. The van der Waals surface area contributed by atoms with Crippen molar-refractivity contribution in [2.75, 3.05) is 29.5 Å². The van der Waals surface area contributed by atoms with Crippen LogP contribution in [-0.2, 0) is 19.4 Å². The minimum atomic E-state index is -3.72. The van der Waals surface area contributed by atoms with E-state index in [2.05, 4.69) is 15.6 Å². The highest BCUT2D eigenvalue weighted by Gasteiger charge is 2.38. The van der Waals surface area contributed by atoms with Gasteiger partial charge in [-0.15, -0.1) is 0 Å². The van der Waals surface area contributed by atoms with Gasteiger partial charge in [-0.2, -0.15) is 0 Å². The molecule has 5 rings (SSSR count). The quantitative estimate of drug-likeness (QED) is 0.148. The average molecular weight is 688 g/mol. The van der Waals surface area contributed by atoms with Gasteiger partial charge in [0, 0.05) is 36.4 Å². The lowest BCUT2D eigenvalue weighted by Crippen LogP contribution is -2.38. The number of fused-ring (bicyclic) bond motifs is 1. The van der Waals surface area contributed by atoms with Crippen LogP contribution in [0.15, 0.2) is 71.8 Å². The van der Waals surface area contributed by atoms with Crippen molar-refractivity contribution < 1.29 is 27.5 Å². The molecule has 1 aromatic heterocycles. The maximum absolute atomic E-state index is 14.9.